The minimum Gasteiger partial charge on any atom is -0.465 e. The highest BCUT2D eigenvalue weighted by Gasteiger charge is 2.16. The minimum atomic E-state index is -0.352. The van der Waals surface area contributed by atoms with Gasteiger partial charge in [0.05, 0.1) is 6.61 Å². The Morgan fingerprint density at radius 1 is 1.45 bits per heavy atom. The van der Waals surface area contributed by atoms with Gasteiger partial charge in [0.2, 0.25) is 0 Å². The second kappa shape index (κ2) is 7.67. The number of esters is 1. The summed E-state index contributed by atoms with van der Waals surface area (Å²) in [5, 5.41) is 0. The van der Waals surface area contributed by atoms with Gasteiger partial charge >= 0.3 is 5.97 Å². The lowest BCUT2D eigenvalue weighted by atomic mass is 10.2. The molecule has 0 N–H and O–H groups in total. The van der Waals surface area contributed by atoms with Gasteiger partial charge in [-0.1, -0.05) is 13.8 Å². The fraction of sp³-hybridized carbons (Fsp3) is 0.643. The molecular formula is C14H23N3O3. The first kappa shape index (κ1) is 16.2. The third-order valence-corrected chi connectivity index (χ3v) is 2.76. The smallest absolute Gasteiger partial charge is 0.325 e. The Morgan fingerprint density at radius 2 is 2.15 bits per heavy atom. The lowest BCUT2D eigenvalue weighted by Gasteiger charge is -2.21. The van der Waals surface area contributed by atoms with E-state index in [2.05, 4.69) is 4.98 Å². The van der Waals surface area contributed by atoms with Crippen LogP contribution in [-0.2, 0) is 16.1 Å². The van der Waals surface area contributed by atoms with E-state index < -0.39 is 0 Å². The van der Waals surface area contributed by atoms with Gasteiger partial charge in [0.25, 0.3) is 5.56 Å². The summed E-state index contributed by atoms with van der Waals surface area (Å²) in [5.41, 5.74) is -0.174. The zero-order valence-corrected chi connectivity index (χ0v) is 12.6. The van der Waals surface area contributed by atoms with E-state index in [1.807, 2.05) is 20.8 Å². The molecule has 1 heterocycles. The monoisotopic (exact) mass is 281 g/mol. The summed E-state index contributed by atoms with van der Waals surface area (Å²) in [6.07, 6.45) is 3.26. The molecule has 0 aliphatic rings. The Balaban J connectivity index is 2.98. The molecule has 1 aromatic heterocycles. The van der Waals surface area contributed by atoms with Gasteiger partial charge in [-0.25, -0.2) is 4.98 Å². The maximum absolute atomic E-state index is 12.4. The third-order valence-electron chi connectivity index (χ3n) is 2.76. The van der Waals surface area contributed by atoms with Gasteiger partial charge in [0.1, 0.15) is 6.54 Å². The van der Waals surface area contributed by atoms with Crippen molar-refractivity contribution < 1.29 is 9.53 Å². The molecule has 0 atom stereocenters. The topological polar surface area (TPSA) is 64.4 Å². The van der Waals surface area contributed by atoms with Crippen molar-refractivity contribution in [3.05, 3.63) is 22.7 Å². The first-order valence-corrected chi connectivity index (χ1v) is 6.95. The van der Waals surface area contributed by atoms with Crippen LogP contribution in [-0.4, -0.2) is 35.2 Å². The van der Waals surface area contributed by atoms with Crippen LogP contribution in [0.25, 0.3) is 0 Å². The van der Waals surface area contributed by atoms with Gasteiger partial charge in [0, 0.05) is 25.5 Å². The number of rotatable bonds is 7. The average molecular weight is 281 g/mol. The van der Waals surface area contributed by atoms with Crippen molar-refractivity contribution >= 4 is 11.8 Å². The Bertz CT molecular complexity index is 497. The first-order chi connectivity index (χ1) is 9.49. The van der Waals surface area contributed by atoms with E-state index in [9.17, 15) is 9.59 Å². The van der Waals surface area contributed by atoms with Crippen molar-refractivity contribution in [3.8, 4) is 0 Å². The second-order valence-electron chi connectivity index (χ2n) is 4.92. The Morgan fingerprint density at radius 3 is 2.70 bits per heavy atom. The van der Waals surface area contributed by atoms with E-state index in [1.54, 1.807) is 28.8 Å². The molecule has 0 spiro atoms. The largest absolute Gasteiger partial charge is 0.465 e. The predicted octanol–water partition coefficient (Wildman–Crippen LogP) is 1.29. The molecule has 1 rings (SSSR count). The zero-order chi connectivity index (χ0) is 15.1. The molecule has 0 amide bonds. The molecule has 0 saturated carbocycles. The molecule has 0 bridgehead atoms. The highest BCUT2D eigenvalue weighted by atomic mass is 16.5. The van der Waals surface area contributed by atoms with Crippen molar-refractivity contribution in [2.24, 2.45) is 5.92 Å². The highest BCUT2D eigenvalue weighted by Crippen LogP contribution is 2.05. The standard InChI is InChI=1S/C14H23N3O3/c1-5-16(10-12(18)20-6-2)13-14(19)17(8-7-15-13)9-11(3)4/h7-8,11H,5-6,9-10H2,1-4H3. The van der Waals surface area contributed by atoms with Gasteiger partial charge < -0.3 is 14.2 Å². The first-order valence-electron chi connectivity index (χ1n) is 6.95. The quantitative estimate of drug-likeness (QED) is 0.705. The maximum atomic E-state index is 12.4. The Kier molecular flexibility index (Phi) is 6.21. The minimum absolute atomic E-state index is 0.0400. The van der Waals surface area contributed by atoms with E-state index >= 15 is 0 Å². The number of likely N-dealkylation sites (N-methyl/N-ethyl adjacent to an activating group) is 1. The van der Waals surface area contributed by atoms with Crippen LogP contribution in [0, 0.1) is 5.92 Å². The van der Waals surface area contributed by atoms with Crippen LogP contribution in [0.4, 0.5) is 5.82 Å². The summed E-state index contributed by atoms with van der Waals surface area (Å²) in [6.45, 7) is 9.24. The number of hydrogen-bond acceptors (Lipinski definition) is 5. The van der Waals surface area contributed by atoms with Gasteiger partial charge in [-0.3, -0.25) is 9.59 Å². The SMILES string of the molecule is CCOC(=O)CN(CC)c1nccn(CC(C)C)c1=O. The van der Waals surface area contributed by atoms with Crippen LogP contribution in [0.5, 0.6) is 0 Å². The van der Waals surface area contributed by atoms with Crippen LogP contribution >= 0.6 is 0 Å². The van der Waals surface area contributed by atoms with Crippen molar-refractivity contribution in [2.45, 2.75) is 34.2 Å². The molecule has 0 aliphatic heterocycles. The van der Waals surface area contributed by atoms with E-state index in [0.29, 0.717) is 31.4 Å². The Hall–Kier alpha value is -1.85. The van der Waals surface area contributed by atoms with E-state index in [-0.39, 0.29) is 18.1 Å². The molecule has 1 aromatic rings. The summed E-state index contributed by atoms with van der Waals surface area (Å²) >= 11 is 0. The summed E-state index contributed by atoms with van der Waals surface area (Å²) in [5.74, 6) is 0.307. The van der Waals surface area contributed by atoms with Crippen LogP contribution < -0.4 is 10.5 Å². The van der Waals surface area contributed by atoms with Crippen LogP contribution in [0.2, 0.25) is 0 Å². The number of aromatic nitrogens is 2. The van der Waals surface area contributed by atoms with Gasteiger partial charge in [0.15, 0.2) is 5.82 Å². The summed E-state index contributed by atoms with van der Waals surface area (Å²) in [6, 6.07) is 0. The van der Waals surface area contributed by atoms with E-state index in [4.69, 9.17) is 4.74 Å². The maximum Gasteiger partial charge on any atom is 0.325 e. The highest BCUT2D eigenvalue weighted by molar-refractivity contribution is 5.75. The lowest BCUT2D eigenvalue weighted by molar-refractivity contribution is -0.141. The summed E-state index contributed by atoms with van der Waals surface area (Å²) in [4.78, 5) is 29.7. The summed E-state index contributed by atoms with van der Waals surface area (Å²) in [7, 11) is 0. The number of ether oxygens (including phenoxy) is 1. The molecule has 6 heteroatoms. The van der Waals surface area contributed by atoms with E-state index in [0.717, 1.165) is 0 Å². The fourth-order valence-corrected chi connectivity index (χ4v) is 1.89. The van der Waals surface area contributed by atoms with E-state index in [1.165, 1.54) is 0 Å². The van der Waals surface area contributed by atoms with Crippen LogP contribution in [0.1, 0.15) is 27.7 Å². The number of carbonyl (C=O) groups is 1. The summed E-state index contributed by atoms with van der Waals surface area (Å²) < 4.78 is 6.54. The molecule has 0 saturated heterocycles. The number of carbonyl (C=O) groups excluding carboxylic acids is 1. The molecule has 0 aromatic carbocycles. The van der Waals surface area contributed by atoms with Crippen molar-refractivity contribution in [1.82, 2.24) is 9.55 Å². The molecule has 20 heavy (non-hydrogen) atoms. The molecule has 0 unspecified atom stereocenters. The third kappa shape index (κ3) is 4.36. The van der Waals surface area contributed by atoms with Crippen molar-refractivity contribution in [2.75, 3.05) is 24.6 Å². The van der Waals surface area contributed by atoms with Crippen LogP contribution in [0.15, 0.2) is 17.2 Å². The van der Waals surface area contributed by atoms with Crippen molar-refractivity contribution in [3.63, 3.8) is 0 Å². The van der Waals surface area contributed by atoms with Crippen LogP contribution in [0.3, 0.4) is 0 Å². The lowest BCUT2D eigenvalue weighted by Crippen LogP contribution is -2.37. The second-order valence-corrected chi connectivity index (χ2v) is 4.92. The molecule has 6 nitrogen and oxygen atoms in total. The molecule has 0 aliphatic carbocycles. The normalized spacial score (nSPS) is 10.7. The Labute approximate surface area is 119 Å². The van der Waals surface area contributed by atoms with Gasteiger partial charge in [-0.15, -0.1) is 0 Å². The molecule has 112 valence electrons. The fourth-order valence-electron chi connectivity index (χ4n) is 1.89. The number of nitrogens with zero attached hydrogens (tertiary/aromatic N) is 3. The zero-order valence-electron chi connectivity index (χ0n) is 12.6. The average Bonchev–Trinajstić information content (AvgIpc) is 2.38. The molecule has 0 fully saturated rings. The number of hydrogen-bond donors (Lipinski definition) is 0. The number of anilines is 1. The molecule has 0 radical (unpaired) electrons. The van der Waals surface area contributed by atoms with Gasteiger partial charge in [-0.05, 0) is 19.8 Å². The van der Waals surface area contributed by atoms with Crippen molar-refractivity contribution in [1.29, 1.82) is 0 Å². The van der Waals surface area contributed by atoms with Gasteiger partial charge in [-0.2, -0.15) is 0 Å². The molecular weight excluding hydrogens is 258 g/mol. The predicted molar refractivity (Wildman–Crippen MR) is 77.9 cm³/mol.